The van der Waals surface area contributed by atoms with Gasteiger partial charge >= 0.3 is 0 Å². The zero-order chi connectivity index (χ0) is 20.7. The summed E-state index contributed by atoms with van der Waals surface area (Å²) in [5.41, 5.74) is 2.02. The van der Waals surface area contributed by atoms with Crippen LogP contribution in [0.4, 0.5) is 0 Å². The number of ether oxygens (including phenoxy) is 1. The Morgan fingerprint density at radius 2 is 1.59 bits per heavy atom. The average molecular weight is 417 g/mol. The van der Waals surface area contributed by atoms with Crippen LogP contribution in [-0.4, -0.2) is 43.3 Å². The fraction of sp³-hybridized carbons (Fsp3) is 0.478. The molecule has 2 aromatic carbocycles. The number of para-hydroxylation sites is 1. The lowest BCUT2D eigenvalue weighted by Crippen LogP contribution is -2.48. The maximum absolute atomic E-state index is 13.6. The van der Waals surface area contributed by atoms with Crippen molar-refractivity contribution in [2.24, 2.45) is 0 Å². The van der Waals surface area contributed by atoms with Crippen molar-refractivity contribution in [2.45, 2.75) is 51.6 Å². The lowest BCUT2D eigenvalue weighted by Gasteiger charge is -2.33. The molecule has 0 aliphatic carbocycles. The molecule has 0 saturated carbocycles. The highest BCUT2D eigenvalue weighted by Crippen LogP contribution is 2.25. The molecule has 0 spiro atoms. The lowest BCUT2D eigenvalue weighted by molar-refractivity contribution is 0.286. The lowest BCUT2D eigenvalue weighted by atomic mass is 10.1. The third-order valence-corrected chi connectivity index (χ3v) is 7.67. The summed E-state index contributed by atoms with van der Waals surface area (Å²) in [5.74, 6) is 0.797. The minimum Gasteiger partial charge on any atom is -0.496 e. The van der Waals surface area contributed by atoms with Crippen LogP contribution >= 0.6 is 0 Å². The number of methoxy groups -OCH3 is 1. The van der Waals surface area contributed by atoms with E-state index in [1.54, 1.807) is 15.7 Å². The van der Waals surface area contributed by atoms with Crippen LogP contribution in [0.3, 0.4) is 0 Å². The first kappa shape index (κ1) is 21.8. The molecule has 0 amide bonds. The van der Waals surface area contributed by atoms with Crippen LogP contribution in [0.5, 0.6) is 5.75 Å². The van der Waals surface area contributed by atoms with Crippen LogP contribution in [-0.2, 0) is 23.2 Å². The Kier molecular flexibility index (Phi) is 7.70. The molecule has 1 heterocycles. The predicted octanol–water partition coefficient (Wildman–Crippen LogP) is 4.25. The Bertz CT molecular complexity index is 863. The number of hydrogen-bond donors (Lipinski definition) is 0. The van der Waals surface area contributed by atoms with Crippen molar-refractivity contribution in [3.05, 3.63) is 65.7 Å². The van der Waals surface area contributed by atoms with E-state index in [0.717, 1.165) is 42.6 Å². The van der Waals surface area contributed by atoms with Gasteiger partial charge < -0.3 is 4.74 Å². The fourth-order valence-electron chi connectivity index (χ4n) is 3.94. The van der Waals surface area contributed by atoms with Gasteiger partial charge in [0.1, 0.15) is 5.75 Å². The van der Waals surface area contributed by atoms with E-state index in [0.29, 0.717) is 26.1 Å². The van der Waals surface area contributed by atoms with Gasteiger partial charge in [-0.2, -0.15) is 17.0 Å². The normalized spacial score (nSPS) is 17.1. The standard InChI is InChI=1S/C23H32N2O3S/c1-20(18-22-14-8-9-15-23(22)28-2)25(19-21-12-6-5-7-13-21)29(26,27)24-16-10-3-4-11-17-24/h5-9,12-15,20H,3-4,10-11,16-19H2,1-2H3. The molecule has 0 bridgehead atoms. The van der Waals surface area contributed by atoms with Gasteiger partial charge in [-0.15, -0.1) is 0 Å². The van der Waals surface area contributed by atoms with E-state index >= 15 is 0 Å². The van der Waals surface area contributed by atoms with E-state index in [9.17, 15) is 8.42 Å². The van der Waals surface area contributed by atoms with E-state index < -0.39 is 10.2 Å². The summed E-state index contributed by atoms with van der Waals surface area (Å²) >= 11 is 0. The monoisotopic (exact) mass is 416 g/mol. The first-order chi connectivity index (χ1) is 14.0. The van der Waals surface area contributed by atoms with Gasteiger partial charge in [-0.05, 0) is 43.4 Å². The van der Waals surface area contributed by atoms with Gasteiger partial charge in [0, 0.05) is 25.7 Å². The minimum absolute atomic E-state index is 0.195. The van der Waals surface area contributed by atoms with Gasteiger partial charge in [0.15, 0.2) is 0 Å². The van der Waals surface area contributed by atoms with E-state index in [1.165, 1.54) is 0 Å². The molecule has 1 aliphatic rings. The Balaban J connectivity index is 1.89. The highest BCUT2D eigenvalue weighted by atomic mass is 32.2. The van der Waals surface area contributed by atoms with Crippen molar-refractivity contribution in [1.82, 2.24) is 8.61 Å². The maximum Gasteiger partial charge on any atom is 0.282 e. The molecule has 1 unspecified atom stereocenters. The number of nitrogens with zero attached hydrogens (tertiary/aromatic N) is 2. The summed E-state index contributed by atoms with van der Waals surface area (Å²) in [5, 5.41) is 0. The number of hydrogen-bond acceptors (Lipinski definition) is 3. The summed E-state index contributed by atoms with van der Waals surface area (Å²) in [6.07, 6.45) is 4.66. The molecule has 3 rings (SSSR count). The summed E-state index contributed by atoms with van der Waals surface area (Å²) in [6, 6.07) is 17.5. The van der Waals surface area contributed by atoms with Crippen LogP contribution in [0.15, 0.2) is 54.6 Å². The zero-order valence-corrected chi connectivity index (χ0v) is 18.3. The van der Waals surface area contributed by atoms with Gasteiger partial charge in [-0.25, -0.2) is 0 Å². The fourth-order valence-corrected chi connectivity index (χ4v) is 5.80. The maximum atomic E-state index is 13.6. The van der Waals surface area contributed by atoms with Crippen LogP contribution in [0.1, 0.15) is 43.7 Å². The third kappa shape index (κ3) is 5.59. The molecule has 2 aromatic rings. The van der Waals surface area contributed by atoms with Crippen molar-refractivity contribution >= 4 is 10.2 Å². The Morgan fingerprint density at radius 3 is 2.24 bits per heavy atom. The van der Waals surface area contributed by atoms with E-state index in [4.69, 9.17) is 4.74 Å². The molecule has 1 aliphatic heterocycles. The van der Waals surface area contributed by atoms with Crippen molar-refractivity contribution in [3.8, 4) is 5.75 Å². The molecule has 158 valence electrons. The largest absolute Gasteiger partial charge is 0.496 e. The molecule has 5 nitrogen and oxygen atoms in total. The van der Waals surface area contributed by atoms with Crippen LogP contribution in [0.2, 0.25) is 0 Å². The quantitative estimate of drug-likeness (QED) is 0.646. The van der Waals surface area contributed by atoms with Gasteiger partial charge in [0.25, 0.3) is 10.2 Å². The van der Waals surface area contributed by atoms with Gasteiger partial charge in [-0.3, -0.25) is 0 Å². The second kappa shape index (κ2) is 10.2. The van der Waals surface area contributed by atoms with E-state index in [-0.39, 0.29) is 6.04 Å². The summed E-state index contributed by atoms with van der Waals surface area (Å²) < 4.78 is 36.1. The molecule has 1 fully saturated rings. The molecule has 1 atom stereocenters. The Labute approximate surface area is 175 Å². The Morgan fingerprint density at radius 1 is 0.966 bits per heavy atom. The van der Waals surface area contributed by atoms with Gasteiger partial charge in [0.2, 0.25) is 0 Å². The number of rotatable bonds is 8. The van der Waals surface area contributed by atoms with Crippen molar-refractivity contribution in [2.75, 3.05) is 20.2 Å². The smallest absolute Gasteiger partial charge is 0.282 e. The molecule has 1 saturated heterocycles. The molecule has 0 aromatic heterocycles. The predicted molar refractivity (Wildman–Crippen MR) is 117 cm³/mol. The van der Waals surface area contributed by atoms with Crippen molar-refractivity contribution in [3.63, 3.8) is 0 Å². The van der Waals surface area contributed by atoms with E-state index in [1.807, 2.05) is 61.5 Å². The number of benzene rings is 2. The third-order valence-electron chi connectivity index (χ3n) is 5.57. The molecular formula is C23H32N2O3S. The average Bonchev–Trinajstić information content (AvgIpc) is 3.03. The summed E-state index contributed by atoms with van der Waals surface area (Å²) in [4.78, 5) is 0. The SMILES string of the molecule is COc1ccccc1CC(C)N(Cc1ccccc1)S(=O)(=O)N1CCCCCC1. The van der Waals surface area contributed by atoms with Crippen molar-refractivity contribution < 1.29 is 13.2 Å². The minimum atomic E-state index is -3.56. The highest BCUT2D eigenvalue weighted by Gasteiger charge is 2.33. The van der Waals surface area contributed by atoms with Crippen LogP contribution in [0, 0.1) is 0 Å². The zero-order valence-electron chi connectivity index (χ0n) is 17.5. The second-order valence-electron chi connectivity index (χ2n) is 7.72. The Hall–Kier alpha value is -1.89. The highest BCUT2D eigenvalue weighted by molar-refractivity contribution is 7.86. The van der Waals surface area contributed by atoms with Crippen molar-refractivity contribution in [1.29, 1.82) is 0 Å². The molecule has 0 radical (unpaired) electrons. The van der Waals surface area contributed by atoms with Gasteiger partial charge in [0.05, 0.1) is 7.11 Å². The topological polar surface area (TPSA) is 49.9 Å². The van der Waals surface area contributed by atoms with Gasteiger partial charge in [-0.1, -0.05) is 61.4 Å². The van der Waals surface area contributed by atoms with Crippen LogP contribution < -0.4 is 4.74 Å². The first-order valence-corrected chi connectivity index (χ1v) is 11.8. The summed E-state index contributed by atoms with van der Waals surface area (Å²) in [6.45, 7) is 3.57. The summed E-state index contributed by atoms with van der Waals surface area (Å²) in [7, 11) is -1.91. The molecule has 0 N–H and O–H groups in total. The molecule has 29 heavy (non-hydrogen) atoms. The van der Waals surface area contributed by atoms with Crippen LogP contribution in [0.25, 0.3) is 0 Å². The first-order valence-electron chi connectivity index (χ1n) is 10.4. The van der Waals surface area contributed by atoms with E-state index in [2.05, 4.69) is 0 Å². The molecule has 6 heteroatoms. The molecular weight excluding hydrogens is 384 g/mol. The second-order valence-corrected chi connectivity index (χ2v) is 9.60.